The Balaban J connectivity index is 2.08. The van der Waals surface area contributed by atoms with Crippen molar-refractivity contribution < 1.29 is 4.74 Å². The second kappa shape index (κ2) is 7.26. The Morgan fingerprint density at radius 1 is 1.24 bits per heavy atom. The lowest BCUT2D eigenvalue weighted by Gasteiger charge is -2.12. The summed E-state index contributed by atoms with van der Waals surface area (Å²) in [6, 6.07) is 7.48. The Morgan fingerprint density at radius 3 is 2.62 bits per heavy atom. The molecule has 0 aliphatic heterocycles. The van der Waals surface area contributed by atoms with Gasteiger partial charge in [-0.3, -0.25) is 0 Å². The van der Waals surface area contributed by atoms with E-state index in [1.807, 2.05) is 24.3 Å². The molecule has 3 N–H and O–H groups in total. The monoisotopic (exact) mass is 350 g/mol. The zero-order chi connectivity index (χ0) is 15.2. The maximum absolute atomic E-state index is 6.06. The van der Waals surface area contributed by atoms with Gasteiger partial charge in [-0.15, -0.1) is 0 Å². The minimum absolute atomic E-state index is 0.361. The van der Waals surface area contributed by atoms with Gasteiger partial charge in [-0.25, -0.2) is 4.98 Å². The predicted octanol–water partition coefficient (Wildman–Crippen LogP) is 4.07. The van der Waals surface area contributed by atoms with Crippen molar-refractivity contribution in [3.05, 3.63) is 35.1 Å². The first-order chi connectivity index (χ1) is 10.1. The van der Waals surface area contributed by atoms with E-state index >= 15 is 0 Å². The van der Waals surface area contributed by atoms with Crippen molar-refractivity contribution in [2.75, 3.05) is 17.6 Å². The molecule has 0 spiro atoms. The van der Waals surface area contributed by atoms with E-state index < -0.39 is 0 Å². The molecule has 21 heavy (non-hydrogen) atoms. The number of aromatic nitrogens is 2. The molecule has 2 aromatic rings. The fourth-order valence-corrected chi connectivity index (χ4v) is 1.96. The smallest absolute Gasteiger partial charge is 0.248 e. The van der Waals surface area contributed by atoms with Gasteiger partial charge in [0.1, 0.15) is 17.8 Å². The molecule has 0 atom stereocenters. The van der Waals surface area contributed by atoms with Crippen LogP contribution in [-0.2, 0) is 0 Å². The van der Waals surface area contributed by atoms with E-state index in [1.165, 1.54) is 6.33 Å². The van der Waals surface area contributed by atoms with Crippen LogP contribution >= 0.6 is 15.9 Å². The zero-order valence-electron chi connectivity index (χ0n) is 12.1. The number of nitrogens with one attached hydrogen (secondary N) is 1. The van der Waals surface area contributed by atoms with Gasteiger partial charge in [0.2, 0.25) is 5.88 Å². The largest absolute Gasteiger partial charge is 0.437 e. The summed E-state index contributed by atoms with van der Waals surface area (Å²) >= 11 is 3.38. The molecule has 0 saturated carbocycles. The number of ether oxygens (including phenoxy) is 1. The second-order valence-electron chi connectivity index (χ2n) is 5.11. The molecular weight excluding hydrogens is 332 g/mol. The Kier molecular flexibility index (Phi) is 5.38. The van der Waals surface area contributed by atoms with Crippen LogP contribution in [0.15, 0.2) is 35.1 Å². The quantitative estimate of drug-likeness (QED) is 0.821. The topological polar surface area (TPSA) is 73.1 Å². The number of nitrogen functional groups attached to an aromatic ring is 1. The Labute approximate surface area is 133 Å². The van der Waals surface area contributed by atoms with Crippen molar-refractivity contribution in [2.45, 2.75) is 20.3 Å². The average molecular weight is 351 g/mol. The lowest BCUT2D eigenvalue weighted by Crippen LogP contribution is -2.09. The van der Waals surface area contributed by atoms with Crippen LogP contribution in [0.25, 0.3) is 0 Å². The first-order valence-electron chi connectivity index (χ1n) is 6.84. The van der Waals surface area contributed by atoms with Gasteiger partial charge in [0.15, 0.2) is 5.82 Å². The second-order valence-corrected chi connectivity index (χ2v) is 6.02. The van der Waals surface area contributed by atoms with Crippen LogP contribution < -0.4 is 15.8 Å². The van der Waals surface area contributed by atoms with Crippen LogP contribution in [0.3, 0.4) is 0 Å². The molecule has 0 amide bonds. The molecule has 1 heterocycles. The lowest BCUT2D eigenvalue weighted by molar-refractivity contribution is 0.464. The number of halogens is 1. The molecule has 1 aromatic heterocycles. The summed E-state index contributed by atoms with van der Waals surface area (Å²) in [5.74, 6) is 2.27. The van der Waals surface area contributed by atoms with Gasteiger partial charge >= 0.3 is 0 Å². The van der Waals surface area contributed by atoms with Gasteiger partial charge in [-0.05, 0) is 36.6 Å². The molecule has 112 valence electrons. The fourth-order valence-electron chi connectivity index (χ4n) is 1.70. The van der Waals surface area contributed by atoms with Gasteiger partial charge in [0, 0.05) is 11.0 Å². The van der Waals surface area contributed by atoms with Gasteiger partial charge in [0.25, 0.3) is 0 Å². The zero-order valence-corrected chi connectivity index (χ0v) is 13.7. The number of hydrogen-bond acceptors (Lipinski definition) is 5. The number of nitrogens with zero attached hydrogens (tertiary/aromatic N) is 2. The summed E-state index contributed by atoms with van der Waals surface area (Å²) in [6.45, 7) is 5.16. The van der Waals surface area contributed by atoms with E-state index in [-0.39, 0.29) is 0 Å². The number of hydrogen-bond donors (Lipinski definition) is 2. The predicted molar refractivity (Wildman–Crippen MR) is 88.6 cm³/mol. The minimum atomic E-state index is 0.361. The summed E-state index contributed by atoms with van der Waals surface area (Å²) in [7, 11) is 0. The van der Waals surface area contributed by atoms with Crippen molar-refractivity contribution in [3.63, 3.8) is 0 Å². The summed E-state index contributed by atoms with van der Waals surface area (Å²) < 4.78 is 6.68. The fraction of sp³-hybridized carbons (Fsp3) is 0.333. The molecular formula is C15H19BrN4O. The van der Waals surface area contributed by atoms with Gasteiger partial charge in [0.05, 0.1) is 0 Å². The van der Waals surface area contributed by atoms with Crippen molar-refractivity contribution in [1.82, 2.24) is 9.97 Å². The highest BCUT2D eigenvalue weighted by atomic mass is 79.9. The molecule has 0 aliphatic rings. The highest BCUT2D eigenvalue weighted by Crippen LogP contribution is 2.29. The SMILES string of the molecule is CC(C)CCNc1ncnc(Oc2ccc(Br)cc2)c1N. The lowest BCUT2D eigenvalue weighted by atomic mass is 10.1. The summed E-state index contributed by atoms with van der Waals surface area (Å²) in [5, 5.41) is 3.22. The molecule has 0 bridgehead atoms. The highest BCUT2D eigenvalue weighted by molar-refractivity contribution is 9.10. The molecule has 6 heteroatoms. The Bertz CT molecular complexity index is 587. The summed E-state index contributed by atoms with van der Waals surface area (Å²) in [6.07, 6.45) is 2.49. The van der Waals surface area contributed by atoms with Crippen molar-refractivity contribution >= 4 is 27.4 Å². The van der Waals surface area contributed by atoms with Crippen LogP contribution in [0, 0.1) is 5.92 Å². The van der Waals surface area contributed by atoms with E-state index in [2.05, 4.69) is 45.1 Å². The standard InChI is InChI=1S/C15H19BrN4O/c1-10(2)7-8-18-14-13(17)15(20-9-19-14)21-12-5-3-11(16)4-6-12/h3-6,9-10H,7-8,17H2,1-2H3,(H,18,19,20). The van der Waals surface area contributed by atoms with E-state index in [9.17, 15) is 0 Å². The van der Waals surface area contributed by atoms with Crippen LogP contribution in [0.2, 0.25) is 0 Å². The molecule has 2 rings (SSSR count). The molecule has 0 saturated heterocycles. The van der Waals surface area contributed by atoms with Gasteiger partial charge < -0.3 is 15.8 Å². The van der Waals surface area contributed by atoms with E-state index in [1.54, 1.807) is 0 Å². The molecule has 0 aliphatic carbocycles. The average Bonchev–Trinajstić information content (AvgIpc) is 2.45. The first-order valence-corrected chi connectivity index (χ1v) is 7.63. The maximum atomic E-state index is 6.06. The molecule has 0 fully saturated rings. The van der Waals surface area contributed by atoms with Gasteiger partial charge in [-0.2, -0.15) is 4.98 Å². The Morgan fingerprint density at radius 2 is 1.95 bits per heavy atom. The third kappa shape index (κ3) is 4.60. The number of rotatable bonds is 6. The van der Waals surface area contributed by atoms with E-state index in [0.29, 0.717) is 29.1 Å². The third-order valence-electron chi connectivity index (χ3n) is 2.89. The highest BCUT2D eigenvalue weighted by Gasteiger charge is 2.10. The maximum Gasteiger partial charge on any atom is 0.248 e. The number of benzene rings is 1. The molecule has 0 unspecified atom stereocenters. The third-order valence-corrected chi connectivity index (χ3v) is 3.42. The van der Waals surface area contributed by atoms with Crippen LogP contribution in [0.5, 0.6) is 11.6 Å². The van der Waals surface area contributed by atoms with E-state index in [4.69, 9.17) is 10.5 Å². The van der Waals surface area contributed by atoms with Crippen molar-refractivity contribution in [2.24, 2.45) is 5.92 Å². The number of anilines is 2. The van der Waals surface area contributed by atoms with Crippen molar-refractivity contribution in [1.29, 1.82) is 0 Å². The Hall–Kier alpha value is -1.82. The molecule has 0 radical (unpaired) electrons. The first kappa shape index (κ1) is 15.6. The van der Waals surface area contributed by atoms with Crippen LogP contribution in [0.4, 0.5) is 11.5 Å². The van der Waals surface area contributed by atoms with Crippen LogP contribution in [-0.4, -0.2) is 16.5 Å². The normalized spacial score (nSPS) is 10.7. The van der Waals surface area contributed by atoms with Crippen molar-refractivity contribution in [3.8, 4) is 11.6 Å². The summed E-state index contributed by atoms with van der Waals surface area (Å²) in [5.41, 5.74) is 6.48. The van der Waals surface area contributed by atoms with Gasteiger partial charge in [-0.1, -0.05) is 29.8 Å². The number of nitrogens with two attached hydrogens (primary N) is 1. The van der Waals surface area contributed by atoms with Crippen LogP contribution in [0.1, 0.15) is 20.3 Å². The molecule has 5 nitrogen and oxygen atoms in total. The molecule has 1 aromatic carbocycles. The van der Waals surface area contributed by atoms with E-state index in [0.717, 1.165) is 17.4 Å². The summed E-state index contributed by atoms with van der Waals surface area (Å²) in [4.78, 5) is 8.25. The minimum Gasteiger partial charge on any atom is -0.437 e.